The maximum absolute atomic E-state index is 5.27. The molecule has 2 heteroatoms. The predicted molar refractivity (Wildman–Crippen MR) is 230 cm³/mol. The van der Waals surface area contributed by atoms with Crippen LogP contribution in [0.1, 0.15) is 25.0 Å². The standard InChI is InChI=1S/C53H38N2/c1-53(2)48-26-12-11-23-44(48)47-25-14-24-46(51(47)53)43-31-32-45(42-22-10-9-21-41(42)43)50-34-49(54-52(55-50)38-17-7-4-8-18-38)40-20-13-19-39(33-40)37-29-27-36(28-30-37)35-15-5-3-6-16-35/h3-34H,1-2H3. The van der Waals surface area contributed by atoms with Crippen LogP contribution in [0.2, 0.25) is 0 Å². The Labute approximate surface area is 322 Å². The maximum atomic E-state index is 5.27. The van der Waals surface area contributed by atoms with E-state index in [9.17, 15) is 0 Å². The van der Waals surface area contributed by atoms with Gasteiger partial charge in [-0.1, -0.05) is 196 Å². The molecule has 0 radical (unpaired) electrons. The fraction of sp³-hybridized carbons (Fsp3) is 0.0566. The Bertz CT molecular complexity index is 2870. The Morgan fingerprint density at radius 2 is 0.818 bits per heavy atom. The molecule has 10 rings (SSSR count). The molecular formula is C53H38N2. The van der Waals surface area contributed by atoms with Gasteiger partial charge in [0.05, 0.1) is 11.4 Å². The Kier molecular flexibility index (Phi) is 7.85. The number of benzene rings is 8. The van der Waals surface area contributed by atoms with E-state index in [4.69, 9.17) is 9.97 Å². The van der Waals surface area contributed by atoms with Crippen molar-refractivity contribution in [3.8, 4) is 78.4 Å². The highest BCUT2D eigenvalue weighted by atomic mass is 14.9. The molecule has 0 unspecified atom stereocenters. The fourth-order valence-corrected chi connectivity index (χ4v) is 8.62. The van der Waals surface area contributed by atoms with Crippen LogP contribution in [-0.4, -0.2) is 9.97 Å². The summed E-state index contributed by atoms with van der Waals surface area (Å²) in [5.41, 5.74) is 17.5. The molecule has 0 saturated heterocycles. The molecule has 1 aliphatic rings. The molecule has 2 nitrogen and oxygen atoms in total. The first-order valence-electron chi connectivity index (χ1n) is 19.0. The Morgan fingerprint density at radius 1 is 0.327 bits per heavy atom. The minimum absolute atomic E-state index is 0.118. The van der Waals surface area contributed by atoms with Crippen molar-refractivity contribution in [3.63, 3.8) is 0 Å². The van der Waals surface area contributed by atoms with Gasteiger partial charge in [0, 0.05) is 22.1 Å². The van der Waals surface area contributed by atoms with Gasteiger partial charge >= 0.3 is 0 Å². The summed E-state index contributed by atoms with van der Waals surface area (Å²) in [6.07, 6.45) is 0. The van der Waals surface area contributed by atoms with Gasteiger partial charge in [-0.2, -0.15) is 0 Å². The van der Waals surface area contributed by atoms with Crippen LogP contribution >= 0.6 is 0 Å². The minimum Gasteiger partial charge on any atom is -0.228 e. The minimum atomic E-state index is -0.118. The van der Waals surface area contributed by atoms with Crippen LogP contribution in [-0.2, 0) is 5.41 Å². The second kappa shape index (κ2) is 13.2. The molecule has 0 bridgehead atoms. The van der Waals surface area contributed by atoms with Gasteiger partial charge in [0.15, 0.2) is 5.82 Å². The first kappa shape index (κ1) is 32.7. The van der Waals surface area contributed by atoms with E-state index in [2.05, 4.69) is 190 Å². The largest absolute Gasteiger partial charge is 0.228 e. The third-order valence-corrected chi connectivity index (χ3v) is 11.3. The molecule has 260 valence electrons. The van der Waals surface area contributed by atoms with Gasteiger partial charge in [-0.3, -0.25) is 0 Å². The molecule has 1 aromatic heterocycles. The fourth-order valence-electron chi connectivity index (χ4n) is 8.62. The van der Waals surface area contributed by atoms with E-state index in [1.54, 1.807) is 0 Å². The van der Waals surface area contributed by atoms with E-state index in [1.807, 2.05) is 18.2 Å². The lowest BCUT2D eigenvalue weighted by molar-refractivity contribution is 0.662. The van der Waals surface area contributed by atoms with Crippen LogP contribution in [0.5, 0.6) is 0 Å². The van der Waals surface area contributed by atoms with E-state index < -0.39 is 0 Å². The number of nitrogens with zero attached hydrogens (tertiary/aromatic N) is 2. The summed E-state index contributed by atoms with van der Waals surface area (Å²) < 4.78 is 0. The van der Waals surface area contributed by atoms with Crippen molar-refractivity contribution in [2.24, 2.45) is 0 Å². The van der Waals surface area contributed by atoms with Crippen LogP contribution in [0.3, 0.4) is 0 Å². The van der Waals surface area contributed by atoms with E-state index >= 15 is 0 Å². The normalized spacial score (nSPS) is 12.7. The second-order valence-electron chi connectivity index (χ2n) is 15.0. The van der Waals surface area contributed by atoms with Crippen molar-refractivity contribution < 1.29 is 0 Å². The van der Waals surface area contributed by atoms with Gasteiger partial charge in [0.1, 0.15) is 0 Å². The topological polar surface area (TPSA) is 25.8 Å². The number of fused-ring (bicyclic) bond motifs is 4. The van der Waals surface area contributed by atoms with E-state index in [0.29, 0.717) is 5.82 Å². The molecule has 0 amide bonds. The van der Waals surface area contributed by atoms with Gasteiger partial charge in [0.2, 0.25) is 0 Å². The van der Waals surface area contributed by atoms with Gasteiger partial charge in [-0.05, 0) is 78.5 Å². The summed E-state index contributed by atoms with van der Waals surface area (Å²) in [6.45, 7) is 4.72. The summed E-state index contributed by atoms with van der Waals surface area (Å²) in [7, 11) is 0. The lowest BCUT2D eigenvalue weighted by Crippen LogP contribution is -2.16. The van der Waals surface area contributed by atoms with Crippen LogP contribution in [0, 0.1) is 0 Å². The van der Waals surface area contributed by atoms with Gasteiger partial charge in [0.25, 0.3) is 0 Å². The van der Waals surface area contributed by atoms with E-state index in [0.717, 1.165) is 33.6 Å². The van der Waals surface area contributed by atoms with E-state index in [1.165, 1.54) is 60.8 Å². The highest BCUT2D eigenvalue weighted by molar-refractivity contribution is 6.06. The molecule has 0 atom stereocenters. The first-order valence-corrected chi connectivity index (χ1v) is 19.0. The quantitative estimate of drug-likeness (QED) is 0.172. The smallest absolute Gasteiger partial charge is 0.160 e. The highest BCUT2D eigenvalue weighted by Gasteiger charge is 2.37. The SMILES string of the molecule is CC1(C)c2ccccc2-c2cccc(-c3ccc(-c4cc(-c5cccc(-c6ccc(-c7ccccc7)cc6)c5)nc(-c5ccccc5)n4)c4ccccc34)c21. The molecular weight excluding hydrogens is 665 g/mol. The summed E-state index contributed by atoms with van der Waals surface area (Å²) in [5.74, 6) is 0.708. The second-order valence-corrected chi connectivity index (χ2v) is 15.0. The summed E-state index contributed by atoms with van der Waals surface area (Å²) >= 11 is 0. The lowest BCUT2D eigenvalue weighted by Gasteiger charge is -2.25. The summed E-state index contributed by atoms with van der Waals surface area (Å²) in [6, 6.07) is 69.5. The Balaban J connectivity index is 1.10. The highest BCUT2D eigenvalue weighted by Crippen LogP contribution is 2.53. The number of hydrogen-bond donors (Lipinski definition) is 0. The third-order valence-electron chi connectivity index (χ3n) is 11.3. The Hall–Kier alpha value is -6.90. The monoisotopic (exact) mass is 702 g/mol. The van der Waals surface area contributed by atoms with Crippen LogP contribution < -0.4 is 0 Å². The zero-order valence-corrected chi connectivity index (χ0v) is 30.9. The average molecular weight is 703 g/mol. The van der Waals surface area contributed by atoms with Crippen molar-refractivity contribution in [2.45, 2.75) is 19.3 Å². The lowest BCUT2D eigenvalue weighted by atomic mass is 9.78. The molecule has 9 aromatic rings. The zero-order chi connectivity index (χ0) is 36.9. The van der Waals surface area contributed by atoms with Crippen LogP contribution in [0.25, 0.3) is 89.2 Å². The van der Waals surface area contributed by atoms with Gasteiger partial charge in [-0.15, -0.1) is 0 Å². The zero-order valence-electron chi connectivity index (χ0n) is 30.9. The van der Waals surface area contributed by atoms with Crippen molar-refractivity contribution in [1.29, 1.82) is 0 Å². The molecule has 1 aliphatic carbocycles. The van der Waals surface area contributed by atoms with Gasteiger partial charge < -0.3 is 0 Å². The van der Waals surface area contributed by atoms with Crippen molar-refractivity contribution in [2.75, 3.05) is 0 Å². The summed E-state index contributed by atoms with van der Waals surface area (Å²) in [4.78, 5) is 10.5. The molecule has 55 heavy (non-hydrogen) atoms. The molecule has 0 spiro atoms. The van der Waals surface area contributed by atoms with Crippen molar-refractivity contribution in [1.82, 2.24) is 9.97 Å². The molecule has 0 saturated carbocycles. The molecule has 1 heterocycles. The molecule has 0 fully saturated rings. The van der Waals surface area contributed by atoms with Crippen LogP contribution in [0.4, 0.5) is 0 Å². The molecule has 0 N–H and O–H groups in total. The average Bonchev–Trinajstić information content (AvgIpc) is 3.50. The molecule has 0 aliphatic heterocycles. The number of hydrogen-bond acceptors (Lipinski definition) is 2. The first-order chi connectivity index (χ1) is 27.0. The van der Waals surface area contributed by atoms with Crippen LogP contribution in [0.15, 0.2) is 194 Å². The number of aromatic nitrogens is 2. The predicted octanol–water partition coefficient (Wildman–Crippen LogP) is 13.9. The number of rotatable bonds is 6. The van der Waals surface area contributed by atoms with E-state index in [-0.39, 0.29) is 5.41 Å². The van der Waals surface area contributed by atoms with Gasteiger partial charge in [-0.25, -0.2) is 9.97 Å². The summed E-state index contributed by atoms with van der Waals surface area (Å²) in [5, 5.41) is 2.38. The third kappa shape index (κ3) is 5.66. The maximum Gasteiger partial charge on any atom is 0.160 e. The molecule has 8 aromatic carbocycles. The Morgan fingerprint density at radius 3 is 1.56 bits per heavy atom. The van der Waals surface area contributed by atoms with Crippen molar-refractivity contribution >= 4 is 10.8 Å². The van der Waals surface area contributed by atoms with Crippen molar-refractivity contribution in [3.05, 3.63) is 205 Å².